The number of hydrogen-bond acceptors (Lipinski definition) is 15. The number of nitrogens with zero attached hydrogens (tertiary/aromatic N) is 1. The summed E-state index contributed by atoms with van der Waals surface area (Å²) >= 11 is 0. The number of piperidine rings is 1. The smallest absolute Gasteiger partial charge is 0.258 e. The van der Waals surface area contributed by atoms with Gasteiger partial charge in [-0.2, -0.15) is 0 Å². The van der Waals surface area contributed by atoms with Gasteiger partial charge in [-0.1, -0.05) is 87.8 Å². The predicted molar refractivity (Wildman–Crippen MR) is 337 cm³/mol. The molecule has 10 unspecified atom stereocenters. The second-order valence-corrected chi connectivity index (χ2v) is 27.5. The number of allylic oxidation sites excluding steroid dienone is 1. The van der Waals surface area contributed by atoms with E-state index in [1.54, 1.807) is 24.1 Å². The van der Waals surface area contributed by atoms with Gasteiger partial charge in [0.05, 0.1) is 44.1 Å². The van der Waals surface area contributed by atoms with Gasteiger partial charge in [0, 0.05) is 106 Å². The van der Waals surface area contributed by atoms with E-state index in [-0.39, 0.29) is 66.8 Å². The number of phenolic OH excluding ortho intramolecular Hbond substituents is 1. The summed E-state index contributed by atoms with van der Waals surface area (Å²) in [5, 5.41) is 63.6. The third-order valence-electron chi connectivity index (χ3n) is 22.9. The number of carbonyl (C=O) groups is 2. The number of aromatic hydroxyl groups is 1. The Balaban J connectivity index is 0.792. The number of hydrogen-bond donors (Lipinski definition) is 8. The van der Waals surface area contributed by atoms with Crippen LogP contribution in [0.5, 0.6) is 34.5 Å². The van der Waals surface area contributed by atoms with Crippen LogP contribution in [0, 0.1) is 23.7 Å². The largest absolute Gasteiger partial charge is 0.502 e. The van der Waals surface area contributed by atoms with Crippen LogP contribution in [0.15, 0.2) is 66.3 Å². The summed E-state index contributed by atoms with van der Waals surface area (Å²) in [7, 11) is 3.29. The molecule has 88 heavy (non-hydrogen) atoms. The summed E-state index contributed by atoms with van der Waals surface area (Å²) in [5.74, 6) is 0.598. The van der Waals surface area contributed by atoms with E-state index in [9.17, 15) is 30.0 Å². The quantitative estimate of drug-likeness (QED) is 0.0344. The maximum absolute atomic E-state index is 14.4. The van der Waals surface area contributed by atoms with Crippen molar-refractivity contribution in [3.05, 3.63) is 105 Å². The summed E-state index contributed by atoms with van der Waals surface area (Å²) < 4.78 is 33.8. The zero-order chi connectivity index (χ0) is 60.5. The van der Waals surface area contributed by atoms with Crippen molar-refractivity contribution in [2.75, 3.05) is 59.0 Å². The van der Waals surface area contributed by atoms with E-state index >= 15 is 0 Å². The topological polar surface area (TPSA) is 213 Å². The van der Waals surface area contributed by atoms with Gasteiger partial charge in [0.15, 0.2) is 23.5 Å². The van der Waals surface area contributed by atoms with Gasteiger partial charge >= 0.3 is 0 Å². The first-order valence-corrected chi connectivity index (χ1v) is 33.5. The number of ether oxygens (including phenoxy) is 5. The third-order valence-corrected chi connectivity index (χ3v) is 22.9. The highest BCUT2D eigenvalue weighted by Crippen LogP contribution is 2.62. The van der Waals surface area contributed by atoms with Crippen molar-refractivity contribution in [3.8, 4) is 45.6 Å². The number of aliphatic hydroxyl groups is 3. The van der Waals surface area contributed by atoms with Crippen molar-refractivity contribution < 1.29 is 53.7 Å². The lowest BCUT2D eigenvalue weighted by Gasteiger charge is -2.60. The first-order valence-electron chi connectivity index (χ1n) is 33.5. The Morgan fingerprint density at radius 2 is 1.60 bits per heavy atom. The standard InChI is InChI=1S/C72H91N5O11/c1-42-21-23-46-16-10-13-30-72(46,76-42)88-58-37-56(85-32-31-74-48-17-6-4-7-18-48)49-24-25-50-62-55(75-68(82)65(58)64(49)62)36-57-63(50)66(80)51(41-87-57)44-33-59(84-3)67(81)60(34-44)86-40-47(39-78)71-29-14-20-53(54(71)26-22-43-15-8-9-19-52(43)71)70(27-11-5-12-28-70)77-61(79)35-45(38-73-2)69(77)83/h8-9,15,19,22,26,33-37,42,46-48,51,53-54,66,68,73-76,78,80-82H,4-7,10-14,16-18,20-21,23-25,27-32,38-41H2,1-3H3. The maximum atomic E-state index is 14.4. The molecule has 2 amide bonds. The molecule has 470 valence electrons. The number of benzene rings is 4. The van der Waals surface area contributed by atoms with E-state index in [0.29, 0.717) is 71.7 Å². The summed E-state index contributed by atoms with van der Waals surface area (Å²) in [6.07, 6.45) is 24.3. The van der Waals surface area contributed by atoms with Crippen LogP contribution in [-0.2, 0) is 27.8 Å². The number of anilines is 1. The van der Waals surface area contributed by atoms with Crippen molar-refractivity contribution in [2.45, 2.75) is 189 Å². The molecule has 0 spiro atoms. The zero-order valence-electron chi connectivity index (χ0n) is 51.7. The molecule has 10 aliphatic rings. The molecular weight excluding hydrogens is 1110 g/mol. The average Bonchev–Trinajstić information content (AvgIpc) is 0.859. The van der Waals surface area contributed by atoms with Crippen molar-refractivity contribution in [2.24, 2.45) is 23.7 Å². The minimum absolute atomic E-state index is 0.0270. The van der Waals surface area contributed by atoms with Gasteiger partial charge < -0.3 is 60.1 Å². The number of aliphatic hydroxyl groups excluding tert-OH is 3. The lowest BCUT2D eigenvalue weighted by Crippen LogP contribution is -2.64. The van der Waals surface area contributed by atoms with Gasteiger partial charge in [-0.15, -0.1) is 0 Å². The van der Waals surface area contributed by atoms with Crippen LogP contribution < -0.4 is 45.0 Å². The molecule has 4 aliphatic heterocycles. The van der Waals surface area contributed by atoms with Crippen molar-refractivity contribution in [1.82, 2.24) is 20.9 Å². The SMILES string of the molecule is CNCC1=CC(=O)N(C2(C3CCCC4(C(CO)COc5cc(C6COc7cc8c9c(c7C6O)CCc6c(OCCNC7CCCCC7)cc(OC7%10CCCCC7CCC(C)N%10)c(c6-9)C(O)N8)cc(OC)c5O)c5ccccc5C=CC34)CCCCC2)C1=O. The molecule has 0 radical (unpaired) electrons. The van der Waals surface area contributed by atoms with Gasteiger partial charge in [0.25, 0.3) is 11.8 Å². The molecule has 6 aliphatic carbocycles. The fourth-order valence-corrected chi connectivity index (χ4v) is 18.9. The molecule has 14 rings (SSSR count). The number of carbonyl (C=O) groups excluding carboxylic acids is 2. The van der Waals surface area contributed by atoms with Crippen LogP contribution in [-0.4, -0.2) is 114 Å². The first-order chi connectivity index (χ1) is 42.9. The average molecular weight is 1200 g/mol. The molecule has 10 atom stereocenters. The lowest BCUT2D eigenvalue weighted by atomic mass is 9.47. The second kappa shape index (κ2) is 24.2. The fourth-order valence-electron chi connectivity index (χ4n) is 18.9. The number of imide groups is 1. The lowest BCUT2D eigenvalue weighted by molar-refractivity contribution is -0.153. The van der Waals surface area contributed by atoms with E-state index in [0.717, 1.165) is 135 Å². The van der Waals surface area contributed by atoms with Gasteiger partial charge in [0.2, 0.25) is 5.75 Å². The minimum atomic E-state index is -1.08. The summed E-state index contributed by atoms with van der Waals surface area (Å²) in [6, 6.07) is 16.7. The van der Waals surface area contributed by atoms with Crippen molar-refractivity contribution >= 4 is 23.6 Å². The molecule has 16 heteroatoms. The van der Waals surface area contributed by atoms with Crippen LogP contribution in [0.1, 0.15) is 186 Å². The number of likely N-dealkylation sites (N-methyl/N-ethyl adjacent to an activating group) is 1. The Morgan fingerprint density at radius 3 is 2.42 bits per heavy atom. The number of phenols is 1. The molecule has 5 fully saturated rings. The number of methoxy groups -OCH3 is 1. The molecule has 1 saturated heterocycles. The number of nitrogens with one attached hydrogen (secondary N) is 4. The Hall–Kier alpha value is -6.14. The van der Waals surface area contributed by atoms with E-state index < -0.39 is 40.8 Å². The molecule has 0 bridgehead atoms. The molecule has 8 N–H and O–H groups in total. The Kier molecular flexibility index (Phi) is 16.4. The van der Waals surface area contributed by atoms with Crippen LogP contribution in [0.4, 0.5) is 5.69 Å². The van der Waals surface area contributed by atoms with Crippen LogP contribution in [0.3, 0.4) is 0 Å². The Bertz CT molecular complexity index is 3390. The first kappa shape index (κ1) is 59.5. The van der Waals surface area contributed by atoms with E-state index in [4.69, 9.17) is 23.7 Å². The van der Waals surface area contributed by atoms with E-state index in [1.807, 2.05) is 18.2 Å². The molecule has 4 aromatic rings. The zero-order valence-corrected chi connectivity index (χ0v) is 51.7. The second-order valence-electron chi connectivity index (χ2n) is 27.5. The monoisotopic (exact) mass is 1200 g/mol. The Morgan fingerprint density at radius 1 is 0.818 bits per heavy atom. The van der Waals surface area contributed by atoms with Crippen molar-refractivity contribution in [1.29, 1.82) is 0 Å². The molecule has 4 heterocycles. The number of amides is 2. The molecule has 4 aromatic carbocycles. The summed E-state index contributed by atoms with van der Waals surface area (Å²) in [6.45, 7) is 3.68. The third kappa shape index (κ3) is 10.00. The van der Waals surface area contributed by atoms with Gasteiger partial charge in [-0.25, -0.2) is 0 Å². The van der Waals surface area contributed by atoms with Gasteiger partial charge in [-0.05, 0) is 137 Å². The number of rotatable bonds is 18. The van der Waals surface area contributed by atoms with Crippen LogP contribution in [0.2, 0.25) is 0 Å². The molecular formula is C72H91N5O11. The Labute approximate surface area is 518 Å². The highest BCUT2D eigenvalue weighted by molar-refractivity contribution is 6.17. The normalized spacial score (nSPS) is 29.7. The fraction of sp³-hybridized carbons (Fsp3) is 0.583. The maximum Gasteiger partial charge on any atom is 0.258 e. The van der Waals surface area contributed by atoms with E-state index in [1.165, 1.54) is 51.7 Å². The minimum Gasteiger partial charge on any atom is -0.502 e. The van der Waals surface area contributed by atoms with Crippen LogP contribution in [0.25, 0.3) is 17.2 Å². The summed E-state index contributed by atoms with van der Waals surface area (Å²) in [5.41, 5.74) is 7.23. The predicted octanol–water partition coefficient (Wildman–Crippen LogP) is 10.7. The van der Waals surface area contributed by atoms with E-state index in [2.05, 4.69) is 58.5 Å². The van der Waals surface area contributed by atoms with Crippen LogP contribution >= 0.6 is 0 Å². The summed E-state index contributed by atoms with van der Waals surface area (Å²) in [4.78, 5) is 30.3. The van der Waals surface area contributed by atoms with Gasteiger partial charge in [0.1, 0.15) is 23.9 Å². The molecule has 0 aromatic heterocycles. The number of fused-ring (bicyclic) bond motifs is 6. The highest BCUT2D eigenvalue weighted by Gasteiger charge is 2.61. The highest BCUT2D eigenvalue weighted by atomic mass is 16.5. The molecule has 16 nitrogen and oxygen atoms in total. The van der Waals surface area contributed by atoms with Crippen molar-refractivity contribution in [3.63, 3.8) is 0 Å². The van der Waals surface area contributed by atoms with Gasteiger partial charge in [-0.3, -0.25) is 19.8 Å². The molecule has 4 saturated carbocycles.